The number of aryl methyl sites for hydroxylation is 2. The van der Waals surface area contributed by atoms with E-state index in [9.17, 15) is 19.2 Å². The van der Waals surface area contributed by atoms with Gasteiger partial charge in [0.15, 0.2) is 0 Å². The summed E-state index contributed by atoms with van der Waals surface area (Å²) in [5.41, 5.74) is 5.96. The van der Waals surface area contributed by atoms with Crippen molar-refractivity contribution in [2.75, 3.05) is 107 Å². The average Bonchev–Trinajstić information content (AvgIpc) is 4.03. The van der Waals surface area contributed by atoms with Crippen LogP contribution in [0.3, 0.4) is 0 Å². The maximum atomic E-state index is 12.6. The van der Waals surface area contributed by atoms with Gasteiger partial charge in [0.25, 0.3) is 0 Å². The molecule has 0 bridgehead atoms. The third-order valence-electron chi connectivity index (χ3n) is 11.9. The second-order valence-electron chi connectivity index (χ2n) is 16.9. The number of carbonyl (C=O) groups is 4. The van der Waals surface area contributed by atoms with Crippen molar-refractivity contribution < 1.29 is 33.4 Å². The molecule has 0 atom stereocenters. The zero-order valence-corrected chi connectivity index (χ0v) is 42.0. The number of anilines is 4. The molecule has 4 aromatic carbocycles. The molecule has 0 spiro atoms. The summed E-state index contributed by atoms with van der Waals surface area (Å²) in [6.45, 7) is 9.37. The van der Waals surface area contributed by atoms with E-state index in [1.165, 1.54) is 7.11 Å². The fraction of sp³-hybridized carbons (Fsp3) is 0.333. The molecule has 4 heterocycles. The van der Waals surface area contributed by atoms with Gasteiger partial charge in [-0.2, -0.15) is 10.2 Å². The Morgan fingerprint density at radius 3 is 1.43 bits per heavy atom. The van der Waals surface area contributed by atoms with E-state index in [1.54, 1.807) is 81.3 Å². The number of piperazine rings is 2. The lowest BCUT2D eigenvalue weighted by Crippen LogP contribution is -2.49. The van der Waals surface area contributed by atoms with Crippen molar-refractivity contribution in [3.63, 3.8) is 0 Å². The zero-order valence-electron chi connectivity index (χ0n) is 40.5. The summed E-state index contributed by atoms with van der Waals surface area (Å²) >= 11 is 11.8. The van der Waals surface area contributed by atoms with Crippen molar-refractivity contribution >= 4 is 69.9 Å². The highest BCUT2D eigenvalue weighted by Crippen LogP contribution is 2.34. The minimum atomic E-state index is -0.380. The molecule has 2 aliphatic heterocycles. The quantitative estimate of drug-likeness (QED) is 0.0564. The molecule has 2 saturated heterocycles. The van der Waals surface area contributed by atoms with Crippen LogP contribution in [0.1, 0.15) is 12.8 Å². The molecule has 5 N–H and O–H groups in total. The van der Waals surface area contributed by atoms with Crippen LogP contribution in [-0.2, 0) is 28.4 Å². The lowest BCUT2D eigenvalue weighted by molar-refractivity contribution is -0.144. The Kier molecular flexibility index (Phi) is 19.3. The first-order valence-corrected chi connectivity index (χ1v) is 24.3. The predicted molar refractivity (Wildman–Crippen MR) is 280 cm³/mol. The molecule has 0 radical (unpaired) electrons. The monoisotopic (exact) mass is 1020 g/mol. The molecule has 2 fully saturated rings. The summed E-state index contributed by atoms with van der Waals surface area (Å²) in [4.78, 5) is 55.1. The average molecular weight is 1020 g/mol. The van der Waals surface area contributed by atoms with Crippen LogP contribution in [0.25, 0.3) is 22.5 Å². The summed E-state index contributed by atoms with van der Waals surface area (Å²) in [6, 6.07) is 28.0. The smallest absolute Gasteiger partial charge is 0.323 e. The number of nitrogens with zero attached hydrogens (tertiary/aromatic N) is 7. The van der Waals surface area contributed by atoms with Crippen LogP contribution in [-0.4, -0.2) is 144 Å². The van der Waals surface area contributed by atoms with Gasteiger partial charge in [0.05, 0.1) is 24.9 Å². The van der Waals surface area contributed by atoms with E-state index >= 15 is 0 Å². The topological polar surface area (TPSA) is 201 Å². The lowest BCUT2D eigenvalue weighted by Gasteiger charge is -2.34. The Morgan fingerprint density at radius 2 is 1.00 bits per heavy atom. The molecule has 6 aromatic rings. The number of hydrogen-bond donors (Lipinski definition) is 5. The van der Waals surface area contributed by atoms with Crippen LogP contribution < -0.4 is 36.1 Å². The highest BCUT2D eigenvalue weighted by molar-refractivity contribution is 6.31. The van der Waals surface area contributed by atoms with Gasteiger partial charge < -0.3 is 45.7 Å². The first kappa shape index (κ1) is 52.7. The van der Waals surface area contributed by atoms with E-state index in [0.717, 1.165) is 74.1 Å². The minimum absolute atomic E-state index is 0.0299. The molecule has 2 aromatic heterocycles. The molecule has 72 heavy (non-hydrogen) atoms. The Balaban J connectivity index is 0.000000216. The van der Waals surface area contributed by atoms with Crippen LogP contribution in [0.4, 0.5) is 32.3 Å². The number of halogens is 2. The number of esters is 1. The molecule has 19 nitrogen and oxygen atoms in total. The number of carbonyl (C=O) groups excluding carboxylic acids is 4. The molecule has 0 unspecified atom stereocenters. The first-order valence-electron chi connectivity index (χ1n) is 23.6. The summed E-state index contributed by atoms with van der Waals surface area (Å²) in [7, 11) is 5.05. The van der Waals surface area contributed by atoms with E-state index in [1.807, 2.05) is 56.6 Å². The van der Waals surface area contributed by atoms with Crippen molar-refractivity contribution in [2.24, 2.45) is 14.1 Å². The number of nitrogens with one attached hydrogen (secondary N) is 5. The fourth-order valence-corrected chi connectivity index (χ4v) is 8.24. The number of rotatable bonds is 17. The molecule has 8 rings (SSSR count). The maximum absolute atomic E-state index is 12.6. The summed E-state index contributed by atoms with van der Waals surface area (Å²) < 4.78 is 20.5. The van der Waals surface area contributed by atoms with E-state index in [-0.39, 0.29) is 36.8 Å². The van der Waals surface area contributed by atoms with Crippen molar-refractivity contribution in [1.82, 2.24) is 39.6 Å². The summed E-state index contributed by atoms with van der Waals surface area (Å²) in [5, 5.41) is 24.4. The number of amides is 5. The van der Waals surface area contributed by atoms with Gasteiger partial charge in [-0.3, -0.25) is 28.8 Å². The van der Waals surface area contributed by atoms with Crippen molar-refractivity contribution in [3.8, 4) is 34.0 Å². The van der Waals surface area contributed by atoms with Crippen LogP contribution in [0.2, 0.25) is 10.0 Å². The highest BCUT2D eigenvalue weighted by atomic mass is 35.5. The Morgan fingerprint density at radius 1 is 0.569 bits per heavy atom. The normalized spacial score (nSPS) is 13.8. The van der Waals surface area contributed by atoms with Crippen molar-refractivity contribution in [3.05, 3.63) is 120 Å². The minimum Gasteiger partial charge on any atom is -0.492 e. The number of aromatic nitrogens is 4. The van der Waals surface area contributed by atoms with Crippen LogP contribution in [0.5, 0.6) is 11.5 Å². The number of methoxy groups -OCH3 is 1. The highest BCUT2D eigenvalue weighted by Gasteiger charge is 2.22. The zero-order chi connectivity index (χ0) is 50.8. The molecule has 2 aliphatic rings. The lowest BCUT2D eigenvalue weighted by atomic mass is 10.1. The van der Waals surface area contributed by atoms with Gasteiger partial charge in [0, 0.05) is 142 Å². The summed E-state index contributed by atoms with van der Waals surface area (Å²) in [6.07, 6.45) is 3.72. The second kappa shape index (κ2) is 26.3. The Bertz CT molecular complexity index is 2740. The van der Waals surface area contributed by atoms with Gasteiger partial charge in [-0.15, -0.1) is 0 Å². The second-order valence-corrected chi connectivity index (χ2v) is 17.7. The predicted octanol–water partition coefficient (Wildman–Crippen LogP) is 7.53. The largest absolute Gasteiger partial charge is 0.492 e. The summed E-state index contributed by atoms with van der Waals surface area (Å²) in [5.74, 6) is 1.02. The Labute approximate surface area is 428 Å². The van der Waals surface area contributed by atoms with Gasteiger partial charge >= 0.3 is 18.0 Å². The number of ether oxygens (including phenoxy) is 3. The van der Waals surface area contributed by atoms with E-state index in [0.29, 0.717) is 71.4 Å². The number of hydrogen-bond acceptors (Lipinski definition) is 12. The van der Waals surface area contributed by atoms with Crippen molar-refractivity contribution in [1.29, 1.82) is 0 Å². The van der Waals surface area contributed by atoms with Gasteiger partial charge in [-0.1, -0.05) is 23.2 Å². The maximum Gasteiger partial charge on any atom is 0.323 e. The third-order valence-corrected chi connectivity index (χ3v) is 12.4. The Hall–Kier alpha value is -7.16. The molecular formula is C51H60Cl2N12O7. The standard InChI is InChI=1S/C28H33ClN6O5.C23H27ClN6O2/c1-33-24(11-12-30-33)23-19-22(32-28(38)31-21-5-3-20(29)4-6-21)7-8-25(23)40-18-17-34-13-15-35(16-14-34)26(36)9-10-27(37)39-2;1-29-21(8-9-26-29)20-16-19(28-23(31)27-18-4-2-17(24)3-5-18)6-7-22(20)32-15-14-30-12-10-25-11-13-30/h3-8,11-12,19H,9-10,13-18H2,1-2H3,(H2,31,32,38);2-9,16,25H,10-15H2,1H3,(H2,27,28,31). The number of urea groups is 2. The SMILES string of the molecule is COC(=O)CCC(=O)N1CCN(CCOc2ccc(NC(=O)Nc3ccc(Cl)cc3)cc2-c2ccnn2C)CC1.Cn1nccc1-c1cc(NC(=O)Nc2ccc(Cl)cc2)ccc1OCCN1CCNCC1. The molecule has 5 amide bonds. The fourth-order valence-electron chi connectivity index (χ4n) is 7.99. The molecule has 380 valence electrons. The van der Waals surface area contributed by atoms with E-state index < -0.39 is 0 Å². The van der Waals surface area contributed by atoms with Gasteiger partial charge in [-0.05, 0) is 97.1 Å². The van der Waals surface area contributed by atoms with E-state index in [4.69, 9.17) is 32.7 Å². The third kappa shape index (κ3) is 15.7. The molecule has 0 saturated carbocycles. The molecule has 21 heteroatoms. The molecular weight excluding hydrogens is 964 g/mol. The van der Waals surface area contributed by atoms with Crippen LogP contribution in [0, 0.1) is 0 Å². The van der Waals surface area contributed by atoms with Crippen LogP contribution in [0.15, 0.2) is 109 Å². The first-order chi connectivity index (χ1) is 34.9. The van der Waals surface area contributed by atoms with Crippen LogP contribution >= 0.6 is 23.2 Å². The van der Waals surface area contributed by atoms with Gasteiger partial charge in [0.1, 0.15) is 24.7 Å². The molecule has 0 aliphatic carbocycles. The van der Waals surface area contributed by atoms with Gasteiger partial charge in [-0.25, -0.2) is 9.59 Å². The number of benzene rings is 4. The van der Waals surface area contributed by atoms with Gasteiger partial charge in [0.2, 0.25) is 5.91 Å². The van der Waals surface area contributed by atoms with E-state index in [2.05, 4.69) is 51.3 Å². The van der Waals surface area contributed by atoms with Crippen molar-refractivity contribution in [2.45, 2.75) is 12.8 Å².